The van der Waals surface area contributed by atoms with Crippen molar-refractivity contribution >= 4 is 27.8 Å². The summed E-state index contributed by atoms with van der Waals surface area (Å²) in [5.74, 6) is 0.978. The van der Waals surface area contributed by atoms with Crippen molar-refractivity contribution in [3.05, 3.63) is 4.88 Å². The van der Waals surface area contributed by atoms with Gasteiger partial charge in [-0.1, -0.05) is 0 Å². The zero-order valence-electron chi connectivity index (χ0n) is 10.4. The molecular weight excluding hydrogens is 236 g/mol. The van der Waals surface area contributed by atoms with Crippen molar-refractivity contribution in [2.45, 2.75) is 32.8 Å². The molecular formula is C12H18N2O2S. The molecule has 17 heavy (non-hydrogen) atoms. The van der Waals surface area contributed by atoms with Crippen molar-refractivity contribution < 1.29 is 9.53 Å². The van der Waals surface area contributed by atoms with E-state index in [4.69, 9.17) is 10.5 Å². The van der Waals surface area contributed by atoms with Gasteiger partial charge >= 0.3 is 0 Å². The van der Waals surface area contributed by atoms with Gasteiger partial charge in [0.1, 0.15) is 5.00 Å². The van der Waals surface area contributed by atoms with Crippen LogP contribution in [-0.2, 0) is 0 Å². The second-order valence-corrected chi connectivity index (χ2v) is 5.58. The van der Waals surface area contributed by atoms with Crippen molar-refractivity contribution in [3.63, 3.8) is 0 Å². The first kappa shape index (κ1) is 12.2. The Labute approximate surface area is 105 Å². The van der Waals surface area contributed by atoms with Crippen LogP contribution in [0.3, 0.4) is 0 Å². The number of ether oxygens (including phenoxy) is 1. The van der Waals surface area contributed by atoms with Crippen LogP contribution in [0.4, 0.5) is 10.7 Å². The van der Waals surface area contributed by atoms with Crippen LogP contribution in [0.25, 0.3) is 0 Å². The smallest absolute Gasteiger partial charge is 0.178 e. The molecule has 1 saturated carbocycles. The quantitative estimate of drug-likeness (QED) is 0.793. The predicted molar refractivity (Wildman–Crippen MR) is 71.1 cm³/mol. The largest absolute Gasteiger partial charge is 0.486 e. The van der Waals surface area contributed by atoms with Gasteiger partial charge in [-0.15, -0.1) is 11.3 Å². The minimum absolute atomic E-state index is 0.0443. The molecule has 0 unspecified atom stereocenters. The van der Waals surface area contributed by atoms with Crippen molar-refractivity contribution in [2.75, 3.05) is 18.1 Å². The number of rotatable bonds is 5. The SMILES string of the molecule is CNc1sc(C(=O)C2CC2)c(N)c1OC(C)C. The van der Waals surface area contributed by atoms with E-state index in [-0.39, 0.29) is 17.8 Å². The lowest BCUT2D eigenvalue weighted by Gasteiger charge is -2.11. The lowest BCUT2D eigenvalue weighted by Crippen LogP contribution is -2.08. The number of Topliss-reactive ketones (excluding diaryl/α,β-unsaturated/α-hetero) is 1. The number of hydrogen-bond donors (Lipinski definition) is 2. The molecule has 2 rings (SSSR count). The molecule has 5 heteroatoms. The number of anilines is 2. The maximum absolute atomic E-state index is 12.0. The van der Waals surface area contributed by atoms with Gasteiger partial charge < -0.3 is 15.8 Å². The summed E-state index contributed by atoms with van der Waals surface area (Å²) in [6, 6.07) is 0. The minimum atomic E-state index is 0.0443. The molecule has 1 aromatic rings. The zero-order valence-corrected chi connectivity index (χ0v) is 11.2. The maximum Gasteiger partial charge on any atom is 0.178 e. The molecule has 4 nitrogen and oxygen atoms in total. The molecule has 0 aromatic carbocycles. The predicted octanol–water partition coefficient (Wildman–Crippen LogP) is 2.75. The van der Waals surface area contributed by atoms with Gasteiger partial charge in [0.05, 0.1) is 16.7 Å². The van der Waals surface area contributed by atoms with Crippen LogP contribution < -0.4 is 15.8 Å². The Hall–Kier alpha value is -1.23. The molecule has 0 aliphatic heterocycles. The molecule has 0 amide bonds. The van der Waals surface area contributed by atoms with E-state index in [0.29, 0.717) is 16.3 Å². The standard InChI is InChI=1S/C12H18N2O2S/c1-6(2)16-10-8(13)11(17-12(10)14-3)9(15)7-4-5-7/h6-7,14H,4-5,13H2,1-3H3. The highest BCUT2D eigenvalue weighted by Gasteiger charge is 2.34. The third-order valence-corrected chi connectivity index (χ3v) is 3.87. The lowest BCUT2D eigenvalue weighted by molar-refractivity contribution is 0.0972. The van der Waals surface area contributed by atoms with Crippen LogP contribution in [0.2, 0.25) is 0 Å². The first-order valence-electron chi connectivity index (χ1n) is 5.85. The second kappa shape index (κ2) is 4.56. The topological polar surface area (TPSA) is 64.4 Å². The van der Waals surface area contributed by atoms with Gasteiger partial charge in [0.25, 0.3) is 0 Å². The van der Waals surface area contributed by atoms with Crippen LogP contribution >= 0.6 is 11.3 Å². The number of nitrogens with one attached hydrogen (secondary N) is 1. The summed E-state index contributed by atoms with van der Waals surface area (Å²) in [7, 11) is 1.81. The number of hydrogen-bond acceptors (Lipinski definition) is 5. The Morgan fingerprint density at radius 1 is 1.53 bits per heavy atom. The van der Waals surface area contributed by atoms with Crippen LogP contribution in [-0.4, -0.2) is 18.9 Å². The fourth-order valence-corrected chi connectivity index (χ4v) is 2.69. The van der Waals surface area contributed by atoms with E-state index in [0.717, 1.165) is 17.8 Å². The number of thiophene rings is 1. The number of nitrogens with two attached hydrogens (primary N) is 1. The summed E-state index contributed by atoms with van der Waals surface area (Å²) in [5, 5.41) is 3.87. The van der Waals surface area contributed by atoms with Crippen molar-refractivity contribution in [1.29, 1.82) is 0 Å². The van der Waals surface area contributed by atoms with Gasteiger partial charge in [-0.3, -0.25) is 4.79 Å². The lowest BCUT2D eigenvalue weighted by atomic mass is 10.2. The molecule has 94 valence electrons. The third-order valence-electron chi connectivity index (χ3n) is 2.65. The van der Waals surface area contributed by atoms with Gasteiger partial charge in [-0.2, -0.15) is 0 Å². The first-order valence-corrected chi connectivity index (χ1v) is 6.67. The molecule has 0 spiro atoms. The number of ketones is 1. The normalized spacial score (nSPS) is 15.1. The Morgan fingerprint density at radius 3 is 2.65 bits per heavy atom. The highest BCUT2D eigenvalue weighted by molar-refractivity contribution is 7.19. The summed E-state index contributed by atoms with van der Waals surface area (Å²) in [6.45, 7) is 3.89. The highest BCUT2D eigenvalue weighted by Crippen LogP contribution is 2.46. The Balaban J connectivity index is 2.33. The Morgan fingerprint density at radius 2 is 2.18 bits per heavy atom. The van der Waals surface area contributed by atoms with Gasteiger partial charge in [0, 0.05) is 13.0 Å². The second-order valence-electron chi connectivity index (χ2n) is 4.56. The molecule has 0 atom stereocenters. The van der Waals surface area contributed by atoms with Gasteiger partial charge in [-0.25, -0.2) is 0 Å². The summed E-state index contributed by atoms with van der Waals surface area (Å²) < 4.78 is 5.67. The van der Waals surface area contributed by atoms with Gasteiger partial charge in [0.15, 0.2) is 11.5 Å². The van der Waals surface area contributed by atoms with E-state index in [1.165, 1.54) is 11.3 Å². The molecule has 0 saturated heterocycles. The van der Waals surface area contributed by atoms with Gasteiger partial charge in [0.2, 0.25) is 0 Å². The van der Waals surface area contributed by atoms with Crippen molar-refractivity contribution in [1.82, 2.24) is 0 Å². The van der Waals surface area contributed by atoms with E-state index in [1.54, 1.807) is 0 Å². The summed E-state index contributed by atoms with van der Waals surface area (Å²) >= 11 is 1.39. The fraction of sp³-hybridized carbons (Fsp3) is 0.583. The monoisotopic (exact) mass is 254 g/mol. The zero-order chi connectivity index (χ0) is 12.6. The highest BCUT2D eigenvalue weighted by atomic mass is 32.1. The molecule has 1 fully saturated rings. The average molecular weight is 254 g/mol. The summed E-state index contributed by atoms with van der Waals surface area (Å²) in [5.41, 5.74) is 6.51. The number of carbonyl (C=O) groups is 1. The van der Waals surface area contributed by atoms with Crippen LogP contribution in [0.1, 0.15) is 36.4 Å². The molecule has 1 aromatic heterocycles. The van der Waals surface area contributed by atoms with E-state index in [9.17, 15) is 4.79 Å². The first-order chi connectivity index (χ1) is 8.04. The Bertz CT molecular complexity index is 436. The van der Waals surface area contributed by atoms with E-state index in [2.05, 4.69) is 5.32 Å². The third kappa shape index (κ3) is 2.39. The average Bonchev–Trinajstić information content (AvgIpc) is 3.06. The molecule has 0 bridgehead atoms. The minimum Gasteiger partial charge on any atom is -0.486 e. The van der Waals surface area contributed by atoms with E-state index in [1.807, 2.05) is 20.9 Å². The molecule has 1 heterocycles. The maximum atomic E-state index is 12.0. The number of carbonyl (C=O) groups excluding carboxylic acids is 1. The molecule has 1 aliphatic rings. The Kier molecular flexibility index (Phi) is 3.28. The van der Waals surface area contributed by atoms with Crippen LogP contribution in [0.15, 0.2) is 0 Å². The number of nitrogen functional groups attached to an aromatic ring is 1. The van der Waals surface area contributed by atoms with Crippen molar-refractivity contribution in [2.24, 2.45) is 5.92 Å². The fourth-order valence-electron chi connectivity index (χ4n) is 1.66. The van der Waals surface area contributed by atoms with Crippen molar-refractivity contribution in [3.8, 4) is 5.75 Å². The molecule has 0 radical (unpaired) electrons. The summed E-state index contributed by atoms with van der Waals surface area (Å²) in [4.78, 5) is 12.7. The molecule has 1 aliphatic carbocycles. The molecule has 3 N–H and O–H groups in total. The summed E-state index contributed by atoms with van der Waals surface area (Å²) in [6.07, 6.45) is 2.03. The van der Waals surface area contributed by atoms with E-state index < -0.39 is 0 Å². The van der Waals surface area contributed by atoms with Crippen LogP contribution in [0, 0.1) is 5.92 Å². The van der Waals surface area contributed by atoms with Crippen LogP contribution in [0.5, 0.6) is 5.75 Å². The van der Waals surface area contributed by atoms with E-state index >= 15 is 0 Å². The van der Waals surface area contributed by atoms with Gasteiger partial charge in [-0.05, 0) is 26.7 Å².